The molecule has 0 radical (unpaired) electrons. The lowest BCUT2D eigenvalue weighted by Crippen LogP contribution is -2.34. The first kappa shape index (κ1) is 23.9. The van der Waals surface area contributed by atoms with E-state index in [4.69, 9.17) is 5.10 Å². The van der Waals surface area contributed by atoms with Crippen molar-refractivity contribution in [3.8, 4) is 5.69 Å². The molecule has 1 aliphatic carbocycles. The van der Waals surface area contributed by atoms with E-state index in [2.05, 4.69) is 45.4 Å². The fraction of sp³-hybridized carbons (Fsp3) is 0.448. The highest BCUT2D eigenvalue weighted by atomic mass is 16.1. The molecule has 0 atom stereocenters. The van der Waals surface area contributed by atoms with Crippen molar-refractivity contribution in [1.82, 2.24) is 29.3 Å². The van der Waals surface area contributed by atoms with Crippen LogP contribution in [0, 0.1) is 12.8 Å². The summed E-state index contributed by atoms with van der Waals surface area (Å²) in [7, 11) is 0. The van der Waals surface area contributed by atoms with Crippen LogP contribution in [0.4, 0.5) is 5.82 Å². The normalized spacial score (nSPS) is 17.5. The van der Waals surface area contributed by atoms with Crippen LogP contribution in [0.15, 0.2) is 55.0 Å². The molecule has 4 heterocycles. The number of aromatic nitrogens is 5. The van der Waals surface area contributed by atoms with Gasteiger partial charge in [-0.2, -0.15) is 10.2 Å². The van der Waals surface area contributed by atoms with E-state index >= 15 is 0 Å². The molecule has 192 valence electrons. The molecule has 2 aliphatic rings. The van der Waals surface area contributed by atoms with Gasteiger partial charge in [0, 0.05) is 24.4 Å². The molecule has 8 heteroatoms. The molecule has 3 aromatic heterocycles. The van der Waals surface area contributed by atoms with Gasteiger partial charge in [-0.05, 0) is 69.9 Å². The topological polar surface area (TPSA) is 80.4 Å². The number of carbonyl (C=O) groups is 1. The van der Waals surface area contributed by atoms with E-state index in [-0.39, 0.29) is 5.91 Å². The predicted molar refractivity (Wildman–Crippen MR) is 144 cm³/mol. The third-order valence-electron chi connectivity index (χ3n) is 8.11. The van der Waals surface area contributed by atoms with Gasteiger partial charge in [0.25, 0.3) is 5.91 Å². The van der Waals surface area contributed by atoms with Gasteiger partial charge in [-0.15, -0.1) is 0 Å². The lowest BCUT2D eigenvalue weighted by molar-refractivity contribution is 0.102. The van der Waals surface area contributed by atoms with Gasteiger partial charge < -0.3 is 10.2 Å². The Hall–Kier alpha value is -3.52. The Balaban J connectivity index is 1.20. The first-order valence-corrected chi connectivity index (χ1v) is 13.6. The maximum absolute atomic E-state index is 13.3. The maximum Gasteiger partial charge on any atom is 0.262 e. The van der Waals surface area contributed by atoms with Gasteiger partial charge in [-0.25, -0.2) is 14.2 Å². The first-order chi connectivity index (χ1) is 18.1. The van der Waals surface area contributed by atoms with Crippen LogP contribution in [0.2, 0.25) is 0 Å². The number of nitrogens with one attached hydrogen (secondary N) is 1. The van der Waals surface area contributed by atoms with E-state index in [9.17, 15) is 4.79 Å². The Bertz CT molecular complexity index is 1360. The van der Waals surface area contributed by atoms with Gasteiger partial charge in [0.05, 0.1) is 17.6 Å². The van der Waals surface area contributed by atoms with Crippen LogP contribution >= 0.6 is 0 Å². The van der Waals surface area contributed by atoms with E-state index < -0.39 is 0 Å². The lowest BCUT2D eigenvalue weighted by Gasteiger charge is -2.31. The molecule has 1 aromatic carbocycles. The molecule has 8 nitrogen and oxygen atoms in total. The highest BCUT2D eigenvalue weighted by Gasteiger charge is 2.26. The van der Waals surface area contributed by atoms with Crippen LogP contribution in [-0.4, -0.2) is 54.8 Å². The summed E-state index contributed by atoms with van der Waals surface area (Å²) in [6.45, 7) is 5.53. The predicted octanol–water partition coefficient (Wildman–Crippen LogP) is 5.24. The number of rotatable bonds is 7. The third-order valence-corrected chi connectivity index (χ3v) is 8.11. The molecule has 37 heavy (non-hydrogen) atoms. The Morgan fingerprint density at radius 2 is 1.86 bits per heavy atom. The number of piperidine rings is 1. The molecule has 0 unspecified atom stereocenters. The van der Waals surface area contributed by atoms with Crippen molar-refractivity contribution in [2.24, 2.45) is 5.92 Å². The minimum absolute atomic E-state index is 0.241. The highest BCUT2D eigenvalue weighted by molar-refractivity contribution is 6.07. The molecule has 1 aliphatic heterocycles. The molecule has 1 saturated heterocycles. The monoisotopic (exact) mass is 497 g/mol. The molecule has 2 fully saturated rings. The van der Waals surface area contributed by atoms with Crippen molar-refractivity contribution >= 4 is 17.4 Å². The van der Waals surface area contributed by atoms with E-state index in [0.29, 0.717) is 22.9 Å². The van der Waals surface area contributed by atoms with E-state index in [1.165, 1.54) is 44.2 Å². The number of likely N-dealkylation sites (tertiary alicyclic amines) is 1. The minimum atomic E-state index is -0.241. The number of fused-ring (bicyclic) bond motifs is 1. The average molecular weight is 498 g/mol. The molecule has 1 amide bonds. The number of amides is 1. The van der Waals surface area contributed by atoms with Crippen molar-refractivity contribution < 1.29 is 4.79 Å². The number of nitrogens with zero attached hydrogens (tertiary/aromatic N) is 6. The summed E-state index contributed by atoms with van der Waals surface area (Å²) in [6, 6.07) is 12.1. The number of hydrogen-bond acceptors (Lipinski definition) is 5. The molecule has 1 N–H and O–H groups in total. The van der Waals surface area contributed by atoms with Crippen LogP contribution in [-0.2, 0) is 0 Å². The molecule has 1 saturated carbocycles. The zero-order valence-corrected chi connectivity index (χ0v) is 21.5. The first-order valence-electron chi connectivity index (χ1n) is 13.6. The summed E-state index contributed by atoms with van der Waals surface area (Å²) >= 11 is 0. The Morgan fingerprint density at radius 1 is 1.08 bits per heavy atom. The van der Waals surface area contributed by atoms with E-state index in [1.54, 1.807) is 29.2 Å². The molecule has 0 bridgehead atoms. The fourth-order valence-corrected chi connectivity index (χ4v) is 5.86. The highest BCUT2D eigenvalue weighted by Crippen LogP contribution is 2.32. The molecule has 4 aromatic rings. The second-order valence-corrected chi connectivity index (χ2v) is 10.7. The number of hydrogen-bond donors (Lipinski definition) is 1. The number of aryl methyl sites for hydroxylation is 1. The van der Waals surface area contributed by atoms with Crippen molar-refractivity contribution in [2.75, 3.05) is 25.0 Å². The van der Waals surface area contributed by atoms with Gasteiger partial charge in [-0.1, -0.05) is 43.4 Å². The average Bonchev–Trinajstić information content (AvgIpc) is 3.68. The SMILES string of the molecule is Cc1ccc(-n2nc(C3CCN(CCC4CCCC4)CC3)cc2NC(=O)c2cnn3cccnc23)cc1. The minimum Gasteiger partial charge on any atom is -0.306 e. The standard InChI is InChI=1S/C29H35N7O/c1-21-7-9-24(10-8-21)36-27(32-29(37)25-20-31-35-15-4-14-30-28(25)35)19-26(33-36)23-12-17-34(18-13-23)16-11-22-5-2-3-6-22/h4,7-10,14-15,19-20,22-23H,2-3,5-6,11-13,16-18H2,1H3,(H,32,37). The summed E-state index contributed by atoms with van der Waals surface area (Å²) in [6.07, 6.45) is 14.2. The zero-order valence-electron chi connectivity index (χ0n) is 21.5. The van der Waals surface area contributed by atoms with Gasteiger partial charge in [0.15, 0.2) is 5.65 Å². The zero-order chi connectivity index (χ0) is 25.2. The Kier molecular flexibility index (Phi) is 6.74. The molecule has 6 rings (SSSR count). The number of benzene rings is 1. The van der Waals surface area contributed by atoms with Crippen molar-refractivity contribution in [1.29, 1.82) is 0 Å². The largest absolute Gasteiger partial charge is 0.306 e. The van der Waals surface area contributed by atoms with Crippen LogP contribution in [0.3, 0.4) is 0 Å². The fourth-order valence-electron chi connectivity index (χ4n) is 5.86. The number of anilines is 1. The Labute approximate surface area is 217 Å². The van der Waals surface area contributed by atoms with Crippen LogP contribution in [0.1, 0.15) is 72.5 Å². The lowest BCUT2D eigenvalue weighted by atomic mass is 9.93. The van der Waals surface area contributed by atoms with E-state index in [0.717, 1.165) is 43.2 Å². The maximum atomic E-state index is 13.3. The van der Waals surface area contributed by atoms with Gasteiger partial charge in [-0.3, -0.25) is 4.79 Å². The number of carbonyl (C=O) groups excluding carboxylic acids is 1. The third kappa shape index (κ3) is 5.16. The summed E-state index contributed by atoms with van der Waals surface area (Å²) < 4.78 is 3.47. The summed E-state index contributed by atoms with van der Waals surface area (Å²) in [5, 5.41) is 12.4. The summed E-state index contributed by atoms with van der Waals surface area (Å²) in [5.74, 6) is 1.76. The Morgan fingerprint density at radius 3 is 2.65 bits per heavy atom. The van der Waals surface area contributed by atoms with Gasteiger partial charge in [0.2, 0.25) is 0 Å². The summed E-state index contributed by atoms with van der Waals surface area (Å²) in [5.41, 5.74) is 4.13. The second kappa shape index (κ2) is 10.5. The molecular formula is C29H35N7O. The van der Waals surface area contributed by atoms with Crippen molar-refractivity contribution in [3.63, 3.8) is 0 Å². The van der Waals surface area contributed by atoms with Gasteiger partial charge in [0.1, 0.15) is 11.4 Å². The quantitative estimate of drug-likeness (QED) is 0.378. The van der Waals surface area contributed by atoms with Crippen LogP contribution in [0.25, 0.3) is 11.3 Å². The molecular weight excluding hydrogens is 462 g/mol. The van der Waals surface area contributed by atoms with Gasteiger partial charge >= 0.3 is 0 Å². The van der Waals surface area contributed by atoms with E-state index in [1.807, 2.05) is 16.8 Å². The summed E-state index contributed by atoms with van der Waals surface area (Å²) in [4.78, 5) is 20.2. The van der Waals surface area contributed by atoms with Crippen LogP contribution < -0.4 is 5.32 Å². The second-order valence-electron chi connectivity index (χ2n) is 10.7. The van der Waals surface area contributed by atoms with Crippen molar-refractivity contribution in [2.45, 2.75) is 57.8 Å². The smallest absolute Gasteiger partial charge is 0.262 e. The van der Waals surface area contributed by atoms with Crippen LogP contribution in [0.5, 0.6) is 0 Å². The van der Waals surface area contributed by atoms with Crippen molar-refractivity contribution in [3.05, 3.63) is 71.8 Å². The molecule has 0 spiro atoms.